The molecule has 0 aliphatic heterocycles. The topological polar surface area (TPSA) is 114 Å². The number of carbonyl (C=O) groups excluding carboxylic acids is 1. The molecular formula is C21H18ClF3N4O4S. The first kappa shape index (κ1) is 25.2. The number of halogens is 4. The van der Waals surface area contributed by atoms with Crippen LogP contribution in [0.15, 0.2) is 47.4 Å². The van der Waals surface area contributed by atoms with Crippen LogP contribution < -0.4 is 14.8 Å². The molecule has 0 saturated carbocycles. The Morgan fingerprint density at radius 3 is 2.41 bits per heavy atom. The predicted molar refractivity (Wildman–Crippen MR) is 119 cm³/mol. The second-order valence-corrected chi connectivity index (χ2v) is 9.59. The molecular weight excluding hydrogens is 497 g/mol. The molecule has 0 fully saturated rings. The second-order valence-electron chi connectivity index (χ2n) is 7.05. The summed E-state index contributed by atoms with van der Waals surface area (Å²) in [5, 5.41) is 9.13. The Morgan fingerprint density at radius 1 is 1.15 bits per heavy atom. The zero-order valence-corrected chi connectivity index (χ0v) is 19.6. The second kappa shape index (κ2) is 9.47. The van der Waals surface area contributed by atoms with E-state index in [1.807, 2.05) is 0 Å². The molecule has 180 valence electrons. The van der Waals surface area contributed by atoms with Crippen molar-refractivity contribution in [3.05, 3.63) is 64.3 Å². The van der Waals surface area contributed by atoms with E-state index in [0.717, 1.165) is 6.92 Å². The third-order valence-electron chi connectivity index (χ3n) is 4.58. The van der Waals surface area contributed by atoms with Crippen LogP contribution in [0.5, 0.6) is 17.4 Å². The van der Waals surface area contributed by atoms with Gasteiger partial charge in [-0.1, -0.05) is 23.7 Å². The van der Waals surface area contributed by atoms with Gasteiger partial charge >= 0.3 is 6.18 Å². The van der Waals surface area contributed by atoms with Crippen LogP contribution >= 0.6 is 11.6 Å². The quantitative estimate of drug-likeness (QED) is 0.446. The van der Waals surface area contributed by atoms with Gasteiger partial charge in [-0.3, -0.25) is 4.79 Å². The molecule has 3 rings (SSSR count). The summed E-state index contributed by atoms with van der Waals surface area (Å²) in [6, 6.07) is 10.1. The normalized spacial score (nSPS) is 13.1. The van der Waals surface area contributed by atoms with Crippen molar-refractivity contribution >= 4 is 32.9 Å². The molecule has 8 nitrogen and oxygen atoms in total. The highest BCUT2D eigenvalue weighted by molar-refractivity contribution is 7.91. The van der Waals surface area contributed by atoms with Crippen LogP contribution in [0.3, 0.4) is 0 Å². The lowest BCUT2D eigenvalue weighted by atomic mass is 10.1. The fourth-order valence-electron chi connectivity index (χ4n) is 2.95. The van der Waals surface area contributed by atoms with Gasteiger partial charge in [0, 0.05) is 16.8 Å². The minimum atomic E-state index is -4.88. The van der Waals surface area contributed by atoms with Crippen molar-refractivity contribution in [1.82, 2.24) is 10.2 Å². The van der Waals surface area contributed by atoms with Gasteiger partial charge in [-0.05, 0) is 42.8 Å². The van der Waals surface area contributed by atoms with Gasteiger partial charge in [-0.15, -0.1) is 10.2 Å². The fourth-order valence-corrected chi connectivity index (χ4v) is 3.88. The molecule has 2 N–H and O–H groups in total. The van der Waals surface area contributed by atoms with Gasteiger partial charge in [0.25, 0.3) is 11.8 Å². The van der Waals surface area contributed by atoms with E-state index < -0.39 is 44.5 Å². The molecule has 0 bridgehead atoms. The van der Waals surface area contributed by atoms with Crippen molar-refractivity contribution in [2.45, 2.75) is 18.0 Å². The highest BCUT2D eigenvalue weighted by Crippen LogP contribution is 2.39. The van der Waals surface area contributed by atoms with E-state index in [1.165, 1.54) is 55.8 Å². The Bertz CT molecular complexity index is 1360. The smallest absolute Gasteiger partial charge is 0.435 e. The third-order valence-corrected chi connectivity index (χ3v) is 6.10. The summed E-state index contributed by atoms with van der Waals surface area (Å²) in [5.74, 6) is -1.30. The number of hydrogen-bond acceptors (Lipinski definition) is 7. The van der Waals surface area contributed by atoms with Crippen molar-refractivity contribution in [2.24, 2.45) is 0 Å². The summed E-state index contributed by atoms with van der Waals surface area (Å²) in [4.78, 5) is 13.2. The predicted octanol–water partition coefficient (Wildman–Crippen LogP) is 5.55. The fraction of sp³-hybridized carbons (Fsp3) is 0.190. The van der Waals surface area contributed by atoms with Crippen LogP contribution in [-0.4, -0.2) is 33.7 Å². The van der Waals surface area contributed by atoms with Crippen LogP contribution in [0.1, 0.15) is 21.6 Å². The van der Waals surface area contributed by atoms with Gasteiger partial charge in [0.05, 0.1) is 16.8 Å². The molecule has 0 aliphatic rings. The minimum absolute atomic E-state index is 0.0107. The number of rotatable bonds is 6. The Kier molecular flexibility index (Phi) is 7.03. The molecule has 3 aromatic rings. The molecule has 1 amide bonds. The molecule has 13 heteroatoms. The number of hydrogen-bond donors (Lipinski definition) is 2. The average Bonchev–Trinajstić information content (AvgIpc) is 2.74. The van der Waals surface area contributed by atoms with Gasteiger partial charge in [0.1, 0.15) is 16.3 Å². The first-order valence-corrected chi connectivity index (χ1v) is 11.8. The lowest BCUT2D eigenvalue weighted by molar-refractivity contribution is -0.142. The van der Waals surface area contributed by atoms with E-state index in [1.54, 1.807) is 0 Å². The number of alkyl halides is 3. The number of nitrogens with one attached hydrogen (secondary N) is 2. The van der Waals surface area contributed by atoms with Crippen LogP contribution in [0, 0.1) is 11.7 Å². The van der Waals surface area contributed by atoms with E-state index in [-0.39, 0.29) is 27.1 Å². The molecule has 1 atom stereocenters. The van der Waals surface area contributed by atoms with Crippen LogP contribution in [-0.2, 0) is 15.9 Å². The molecule has 0 saturated heterocycles. The molecule has 34 heavy (non-hydrogen) atoms. The monoisotopic (exact) mass is 514 g/mol. The summed E-state index contributed by atoms with van der Waals surface area (Å²) >= 11 is 6.20. The minimum Gasteiger partial charge on any atom is -0.495 e. The van der Waals surface area contributed by atoms with Crippen LogP contribution in [0.25, 0.3) is 0 Å². The Labute approximate surface area is 198 Å². The number of benzene rings is 2. The number of carbonyl (C=O) groups is 1. The maximum absolute atomic E-state index is 13.5. The molecule has 2 aromatic carbocycles. The Morgan fingerprint density at radius 2 is 1.79 bits per heavy atom. The molecule has 1 aromatic heterocycles. The highest BCUT2D eigenvalue weighted by Gasteiger charge is 2.38. The molecule has 1 unspecified atom stereocenters. The number of amides is 1. The van der Waals surface area contributed by atoms with E-state index >= 15 is 0 Å². The zero-order chi connectivity index (χ0) is 25.3. The number of nitrogens with zero attached hydrogens (tertiary/aromatic N) is 2. The number of ether oxygens (including phenoxy) is 2. The first-order chi connectivity index (χ1) is 15.8. The largest absolute Gasteiger partial charge is 0.495 e. The first-order valence-electron chi connectivity index (χ1n) is 9.43. The van der Waals surface area contributed by atoms with Crippen LogP contribution in [0.2, 0.25) is 5.02 Å². The van der Waals surface area contributed by atoms with Gasteiger partial charge in [-0.25, -0.2) is 8.99 Å². The third kappa shape index (κ3) is 5.39. The summed E-state index contributed by atoms with van der Waals surface area (Å²) < 4.78 is 70.8. The van der Waals surface area contributed by atoms with Gasteiger partial charge in [0.15, 0.2) is 11.4 Å². The summed E-state index contributed by atoms with van der Waals surface area (Å²) in [6.45, 7) is 1.06. The van der Waals surface area contributed by atoms with Gasteiger partial charge in [-0.2, -0.15) is 13.2 Å². The Balaban J connectivity index is 2.09. The van der Waals surface area contributed by atoms with E-state index in [2.05, 4.69) is 15.5 Å². The van der Waals surface area contributed by atoms with E-state index in [0.29, 0.717) is 0 Å². The number of aromatic nitrogens is 2. The summed E-state index contributed by atoms with van der Waals surface area (Å²) in [5.41, 5.74) is -2.31. The van der Waals surface area contributed by atoms with Crippen LogP contribution in [0.4, 0.5) is 18.9 Å². The number of anilines is 1. The van der Waals surface area contributed by atoms with Crippen molar-refractivity contribution in [3.8, 4) is 17.4 Å². The van der Waals surface area contributed by atoms with Crippen molar-refractivity contribution < 1.29 is 31.6 Å². The molecule has 0 spiro atoms. The lowest BCUT2D eigenvalue weighted by Gasteiger charge is -2.17. The average molecular weight is 515 g/mol. The standard InChI is InChI=1S/C21H18ClF3N4O4S/c1-11-16(19(30)27-12-6-4-7-13(10-12)34(3,26)31)20(29-28-18(11)21(23,24)25)33-15-9-5-8-14(32-2)17(15)22/h4-10,26H,1-3H3,(H,27,30). The maximum atomic E-state index is 13.5. The molecule has 0 radical (unpaired) electrons. The van der Waals surface area contributed by atoms with Crippen molar-refractivity contribution in [3.63, 3.8) is 0 Å². The Hall–Kier alpha value is -3.38. The molecule has 0 aliphatic carbocycles. The maximum Gasteiger partial charge on any atom is 0.435 e. The lowest BCUT2D eigenvalue weighted by Crippen LogP contribution is -2.21. The molecule has 1 heterocycles. The summed E-state index contributed by atoms with van der Waals surface area (Å²) in [6.07, 6.45) is -3.68. The van der Waals surface area contributed by atoms with E-state index in [9.17, 15) is 22.2 Å². The zero-order valence-electron chi connectivity index (χ0n) is 18.0. The van der Waals surface area contributed by atoms with Gasteiger partial charge < -0.3 is 14.8 Å². The SMILES string of the molecule is COc1cccc(Oc2nnc(C(F)(F)F)c(C)c2C(=O)Nc2cccc(S(C)(=N)=O)c2)c1Cl. The highest BCUT2D eigenvalue weighted by atomic mass is 35.5. The van der Waals surface area contributed by atoms with Gasteiger partial charge in [0.2, 0.25) is 0 Å². The van der Waals surface area contributed by atoms with E-state index in [4.69, 9.17) is 25.9 Å². The number of methoxy groups -OCH3 is 1. The summed E-state index contributed by atoms with van der Waals surface area (Å²) in [7, 11) is -1.73. The van der Waals surface area contributed by atoms with Crippen molar-refractivity contribution in [1.29, 1.82) is 4.78 Å². The van der Waals surface area contributed by atoms with Crippen molar-refractivity contribution in [2.75, 3.05) is 18.7 Å².